The molecular weight excluding hydrogens is 539 g/mol. The molecule has 0 bridgehead atoms. The Morgan fingerprint density at radius 2 is 1.18 bits per heavy atom. The molecule has 12 heteroatoms. The number of nitrogens with one attached hydrogen (secondary N) is 2. The van der Waals surface area contributed by atoms with Crippen LogP contribution < -0.4 is 10.9 Å². The monoisotopic (exact) mass is 558 g/mol. The van der Waals surface area contributed by atoms with Crippen LogP contribution >= 0.6 is 23.2 Å². The molecule has 3 aromatic rings. The molecule has 2 amide bonds. The Hall–Kier alpha value is -4.41. The van der Waals surface area contributed by atoms with E-state index in [0.717, 1.165) is 5.56 Å². The molecule has 2 atom stereocenters. The third-order valence-electron chi connectivity index (χ3n) is 5.05. The van der Waals surface area contributed by atoms with Crippen LogP contribution in [0.5, 0.6) is 0 Å². The van der Waals surface area contributed by atoms with Gasteiger partial charge in [0.1, 0.15) is 0 Å². The number of carboxylic acid groups (broad SMARTS) is 1. The molecule has 0 unspecified atom stereocenters. The number of carbonyl (C=O) groups is 5. The Kier molecular flexibility index (Phi) is 9.42. The van der Waals surface area contributed by atoms with Crippen LogP contribution in [0.4, 0.5) is 0 Å². The van der Waals surface area contributed by atoms with E-state index in [1.54, 1.807) is 12.1 Å². The maximum atomic E-state index is 13.0. The fourth-order valence-corrected chi connectivity index (χ4v) is 3.50. The molecule has 0 radical (unpaired) electrons. The molecule has 0 spiro atoms. The highest BCUT2D eigenvalue weighted by Crippen LogP contribution is 2.21. The van der Waals surface area contributed by atoms with Gasteiger partial charge < -0.3 is 14.6 Å². The van der Waals surface area contributed by atoms with Crippen LogP contribution in [-0.4, -0.2) is 47.0 Å². The SMILES string of the molecule is Cc1ccc(C(=O)NNC(=O)[C@@H](OC(=O)c2ccccc2Cl)[C@@H](OC(=O)c2ccccc2Cl)C(=O)O)cc1. The third kappa shape index (κ3) is 7.09. The number of esters is 2. The fraction of sp³-hybridized carbons (Fsp3) is 0.115. The number of carboxylic acids is 1. The van der Waals surface area contributed by atoms with Crippen molar-refractivity contribution in [1.29, 1.82) is 0 Å². The molecule has 10 nitrogen and oxygen atoms in total. The van der Waals surface area contributed by atoms with E-state index < -0.39 is 41.9 Å². The summed E-state index contributed by atoms with van der Waals surface area (Å²) in [4.78, 5) is 62.9. The summed E-state index contributed by atoms with van der Waals surface area (Å²) in [6.07, 6.45) is -4.58. The molecule has 3 N–H and O–H groups in total. The lowest BCUT2D eigenvalue weighted by Crippen LogP contribution is -2.54. The van der Waals surface area contributed by atoms with E-state index in [9.17, 15) is 29.1 Å². The molecule has 0 heterocycles. The van der Waals surface area contributed by atoms with E-state index in [4.69, 9.17) is 32.7 Å². The summed E-state index contributed by atoms with van der Waals surface area (Å²) >= 11 is 12.0. The van der Waals surface area contributed by atoms with Gasteiger partial charge in [-0.05, 0) is 43.3 Å². The summed E-state index contributed by atoms with van der Waals surface area (Å²) in [6.45, 7) is 1.82. The second-order valence-corrected chi connectivity index (χ2v) is 8.57. The first kappa shape index (κ1) is 28.2. The molecule has 0 saturated heterocycles. The Labute approximate surface area is 226 Å². The first-order chi connectivity index (χ1) is 18.1. The highest BCUT2D eigenvalue weighted by Gasteiger charge is 2.41. The van der Waals surface area contributed by atoms with Crippen molar-refractivity contribution in [2.45, 2.75) is 19.1 Å². The van der Waals surface area contributed by atoms with Gasteiger partial charge in [-0.2, -0.15) is 0 Å². The molecule has 38 heavy (non-hydrogen) atoms. The van der Waals surface area contributed by atoms with Crippen LogP contribution in [0.3, 0.4) is 0 Å². The molecule has 0 aliphatic rings. The number of aryl methyl sites for hydroxylation is 1. The number of hydrogen-bond acceptors (Lipinski definition) is 7. The molecular formula is C26H20Cl2N2O8. The molecule has 3 aromatic carbocycles. The van der Waals surface area contributed by atoms with Gasteiger partial charge in [-0.15, -0.1) is 0 Å². The predicted octanol–water partition coefficient (Wildman–Crippen LogP) is 3.60. The van der Waals surface area contributed by atoms with Crippen LogP contribution in [0.15, 0.2) is 72.8 Å². The van der Waals surface area contributed by atoms with Crippen LogP contribution in [0.2, 0.25) is 10.0 Å². The van der Waals surface area contributed by atoms with E-state index >= 15 is 0 Å². The Balaban J connectivity index is 1.87. The Bertz CT molecular complexity index is 1380. The zero-order valence-electron chi connectivity index (χ0n) is 19.6. The zero-order chi connectivity index (χ0) is 27.8. The predicted molar refractivity (Wildman–Crippen MR) is 136 cm³/mol. The van der Waals surface area contributed by atoms with Gasteiger partial charge in [0.15, 0.2) is 0 Å². The van der Waals surface area contributed by atoms with Crippen LogP contribution in [-0.2, 0) is 19.1 Å². The lowest BCUT2D eigenvalue weighted by molar-refractivity contribution is -0.159. The number of hydrazine groups is 1. The lowest BCUT2D eigenvalue weighted by atomic mass is 10.1. The maximum absolute atomic E-state index is 13.0. The number of aliphatic carboxylic acids is 1. The van der Waals surface area contributed by atoms with Crippen molar-refractivity contribution in [1.82, 2.24) is 10.9 Å². The minimum absolute atomic E-state index is 0.0377. The first-order valence-electron chi connectivity index (χ1n) is 10.9. The minimum atomic E-state index is -2.33. The van der Waals surface area contributed by atoms with Crippen LogP contribution in [0.1, 0.15) is 36.6 Å². The quantitative estimate of drug-likeness (QED) is 0.280. The molecule has 0 aliphatic carbocycles. The summed E-state index contributed by atoms with van der Waals surface area (Å²) in [5.74, 6) is -6.24. The number of amides is 2. The number of halogens is 2. The molecule has 196 valence electrons. The maximum Gasteiger partial charge on any atom is 0.349 e. The van der Waals surface area contributed by atoms with E-state index in [1.807, 2.05) is 12.3 Å². The Morgan fingerprint density at radius 3 is 1.66 bits per heavy atom. The summed E-state index contributed by atoms with van der Waals surface area (Å²) in [6, 6.07) is 17.6. The van der Waals surface area contributed by atoms with Gasteiger partial charge in [-0.25, -0.2) is 14.4 Å². The van der Waals surface area contributed by atoms with E-state index in [2.05, 4.69) is 5.43 Å². The molecule has 0 saturated carbocycles. The van der Waals surface area contributed by atoms with Crippen LogP contribution in [0, 0.1) is 6.92 Å². The summed E-state index contributed by atoms with van der Waals surface area (Å²) in [5, 5.41) is 9.70. The number of benzene rings is 3. The number of rotatable bonds is 8. The lowest BCUT2D eigenvalue weighted by Gasteiger charge is -2.24. The average molecular weight is 559 g/mol. The molecule has 0 aromatic heterocycles. The Morgan fingerprint density at radius 1 is 0.711 bits per heavy atom. The van der Waals surface area contributed by atoms with Gasteiger partial charge >= 0.3 is 17.9 Å². The third-order valence-corrected chi connectivity index (χ3v) is 5.70. The van der Waals surface area contributed by atoms with Gasteiger partial charge in [0.2, 0.25) is 12.2 Å². The van der Waals surface area contributed by atoms with E-state index in [-0.39, 0.29) is 26.7 Å². The van der Waals surface area contributed by atoms with Gasteiger partial charge in [-0.3, -0.25) is 20.4 Å². The van der Waals surface area contributed by atoms with Crippen molar-refractivity contribution < 1.29 is 38.6 Å². The van der Waals surface area contributed by atoms with E-state index in [0.29, 0.717) is 0 Å². The fourth-order valence-electron chi connectivity index (χ4n) is 3.07. The smallest absolute Gasteiger partial charge is 0.349 e. The highest BCUT2D eigenvalue weighted by atomic mass is 35.5. The summed E-state index contributed by atoms with van der Waals surface area (Å²) in [7, 11) is 0. The minimum Gasteiger partial charge on any atom is -0.478 e. The zero-order valence-corrected chi connectivity index (χ0v) is 21.2. The number of carbonyl (C=O) groups excluding carboxylic acids is 4. The largest absolute Gasteiger partial charge is 0.478 e. The van der Waals surface area contributed by atoms with Crippen LogP contribution in [0.25, 0.3) is 0 Å². The number of hydrogen-bond donors (Lipinski definition) is 3. The number of ether oxygens (including phenoxy) is 2. The van der Waals surface area contributed by atoms with Crippen molar-refractivity contribution in [3.63, 3.8) is 0 Å². The van der Waals surface area contributed by atoms with Crippen molar-refractivity contribution in [3.05, 3.63) is 105 Å². The van der Waals surface area contributed by atoms with Crippen molar-refractivity contribution in [2.75, 3.05) is 0 Å². The van der Waals surface area contributed by atoms with Crippen molar-refractivity contribution in [2.24, 2.45) is 0 Å². The standard InChI is InChI=1S/C26H20Cl2N2O8/c1-14-10-12-15(13-11-14)22(31)29-30-23(32)20(37-25(35)16-6-2-4-8-18(16)27)21(24(33)34)38-26(36)17-7-3-5-9-19(17)28/h2-13,20-21H,1H3,(H,29,31)(H,30,32)(H,33,34)/t20-,21+/m0/s1. The summed E-state index contributed by atoms with van der Waals surface area (Å²) < 4.78 is 10.2. The molecule has 0 fully saturated rings. The van der Waals surface area contributed by atoms with Gasteiger partial charge in [0, 0.05) is 5.56 Å². The van der Waals surface area contributed by atoms with Gasteiger partial charge in [0.05, 0.1) is 21.2 Å². The normalized spacial score (nSPS) is 12.0. The average Bonchev–Trinajstić information content (AvgIpc) is 2.89. The molecule has 0 aliphatic heterocycles. The van der Waals surface area contributed by atoms with Crippen molar-refractivity contribution in [3.8, 4) is 0 Å². The summed E-state index contributed by atoms with van der Waals surface area (Å²) in [5.41, 5.74) is 4.80. The highest BCUT2D eigenvalue weighted by molar-refractivity contribution is 6.34. The van der Waals surface area contributed by atoms with Gasteiger partial charge in [0.25, 0.3) is 11.8 Å². The van der Waals surface area contributed by atoms with Gasteiger partial charge in [-0.1, -0.05) is 65.2 Å². The topological polar surface area (TPSA) is 148 Å². The van der Waals surface area contributed by atoms with Crippen molar-refractivity contribution >= 4 is 52.9 Å². The molecule has 3 rings (SSSR count). The first-order valence-corrected chi connectivity index (χ1v) is 11.6. The van der Waals surface area contributed by atoms with E-state index in [1.165, 1.54) is 60.7 Å². The second-order valence-electron chi connectivity index (χ2n) is 7.76. The second kappa shape index (κ2) is 12.7.